The van der Waals surface area contributed by atoms with Gasteiger partial charge in [-0.25, -0.2) is 4.79 Å². The van der Waals surface area contributed by atoms with E-state index in [1.54, 1.807) is 6.07 Å². The van der Waals surface area contributed by atoms with Gasteiger partial charge in [0.15, 0.2) is 0 Å². The van der Waals surface area contributed by atoms with Crippen molar-refractivity contribution in [1.82, 2.24) is 0 Å². The molecule has 0 aromatic heterocycles. The third kappa shape index (κ3) is 4.07. The maximum absolute atomic E-state index is 12.4. The van der Waals surface area contributed by atoms with Crippen LogP contribution in [0.15, 0.2) is 72.8 Å². The van der Waals surface area contributed by atoms with E-state index < -0.39 is 0 Å². The third-order valence-electron chi connectivity index (χ3n) is 4.13. The number of hydrogen-bond acceptors (Lipinski definition) is 3. The fraction of sp³-hybridized carbons (Fsp3) is 0.136. The van der Waals surface area contributed by atoms with Crippen molar-refractivity contribution in [3.8, 4) is 11.5 Å². The summed E-state index contributed by atoms with van der Waals surface area (Å²) in [6.45, 7) is 4.07. The first-order valence-electron chi connectivity index (χ1n) is 8.19. The molecule has 0 unspecified atom stereocenters. The predicted octanol–water partition coefficient (Wildman–Crippen LogP) is 5.45. The molecule has 0 aliphatic heterocycles. The van der Waals surface area contributed by atoms with Crippen LogP contribution in [0.5, 0.6) is 11.5 Å². The first kappa shape index (κ1) is 16.8. The molecule has 0 heterocycles. The summed E-state index contributed by atoms with van der Waals surface area (Å²) >= 11 is 0. The summed E-state index contributed by atoms with van der Waals surface area (Å²) in [4.78, 5) is 12.4. The smallest absolute Gasteiger partial charge is 0.338 e. The Kier molecular flexibility index (Phi) is 5.14. The van der Waals surface area contributed by atoms with Crippen molar-refractivity contribution in [3.05, 3.63) is 95.1 Å². The van der Waals surface area contributed by atoms with Gasteiger partial charge in [0, 0.05) is 5.56 Å². The molecular formula is C22H20O3. The molecule has 0 spiro atoms. The van der Waals surface area contributed by atoms with Crippen LogP contribution in [0.25, 0.3) is 0 Å². The largest absolute Gasteiger partial charge is 0.457 e. The Labute approximate surface area is 147 Å². The Morgan fingerprint density at radius 2 is 1.56 bits per heavy atom. The molecule has 0 N–H and O–H groups in total. The van der Waals surface area contributed by atoms with E-state index in [-0.39, 0.29) is 12.6 Å². The Morgan fingerprint density at radius 3 is 2.36 bits per heavy atom. The Balaban J connectivity index is 1.73. The second-order valence-corrected chi connectivity index (χ2v) is 5.85. The SMILES string of the molecule is Cc1cccc(C(=O)OCc2ccccc2Oc2ccccc2)c1C. The number of esters is 1. The maximum atomic E-state index is 12.4. The van der Waals surface area contributed by atoms with Gasteiger partial charge in [0.25, 0.3) is 0 Å². The Morgan fingerprint density at radius 1 is 0.840 bits per heavy atom. The zero-order valence-corrected chi connectivity index (χ0v) is 14.4. The van der Waals surface area contributed by atoms with Crippen LogP contribution in [0.2, 0.25) is 0 Å². The number of benzene rings is 3. The average molecular weight is 332 g/mol. The molecule has 0 fully saturated rings. The van der Waals surface area contributed by atoms with Gasteiger partial charge in [0.1, 0.15) is 18.1 Å². The van der Waals surface area contributed by atoms with Crippen LogP contribution in [0, 0.1) is 13.8 Å². The van der Waals surface area contributed by atoms with E-state index in [0.29, 0.717) is 11.3 Å². The Hall–Kier alpha value is -3.07. The second kappa shape index (κ2) is 7.67. The molecule has 3 rings (SSSR count). The minimum atomic E-state index is -0.323. The molecule has 25 heavy (non-hydrogen) atoms. The first-order chi connectivity index (χ1) is 12.1. The number of ether oxygens (including phenoxy) is 2. The Bertz CT molecular complexity index is 869. The van der Waals surface area contributed by atoms with Crippen LogP contribution in [-0.4, -0.2) is 5.97 Å². The van der Waals surface area contributed by atoms with Crippen molar-refractivity contribution in [2.24, 2.45) is 0 Å². The lowest BCUT2D eigenvalue weighted by Gasteiger charge is -2.12. The highest BCUT2D eigenvalue weighted by Gasteiger charge is 2.13. The summed E-state index contributed by atoms with van der Waals surface area (Å²) in [5.74, 6) is 1.11. The van der Waals surface area contributed by atoms with E-state index in [2.05, 4.69) is 0 Å². The van der Waals surface area contributed by atoms with Gasteiger partial charge in [0.05, 0.1) is 5.56 Å². The first-order valence-corrected chi connectivity index (χ1v) is 8.19. The summed E-state index contributed by atoms with van der Waals surface area (Å²) in [6.07, 6.45) is 0. The quantitative estimate of drug-likeness (QED) is 0.583. The van der Waals surface area contributed by atoms with Gasteiger partial charge in [0.2, 0.25) is 0 Å². The van der Waals surface area contributed by atoms with Crippen molar-refractivity contribution in [2.45, 2.75) is 20.5 Å². The molecule has 3 heteroatoms. The van der Waals surface area contributed by atoms with Gasteiger partial charge in [-0.1, -0.05) is 48.5 Å². The van der Waals surface area contributed by atoms with Crippen LogP contribution >= 0.6 is 0 Å². The highest BCUT2D eigenvalue weighted by atomic mass is 16.5. The van der Waals surface area contributed by atoms with E-state index in [1.807, 2.05) is 80.6 Å². The van der Waals surface area contributed by atoms with Crippen molar-refractivity contribution in [3.63, 3.8) is 0 Å². The highest BCUT2D eigenvalue weighted by Crippen LogP contribution is 2.26. The van der Waals surface area contributed by atoms with Gasteiger partial charge in [-0.2, -0.15) is 0 Å². The van der Waals surface area contributed by atoms with Crippen LogP contribution in [-0.2, 0) is 11.3 Å². The van der Waals surface area contributed by atoms with Crippen LogP contribution in [0.3, 0.4) is 0 Å². The van der Waals surface area contributed by atoms with Gasteiger partial charge in [-0.05, 0) is 49.2 Å². The minimum Gasteiger partial charge on any atom is -0.457 e. The van der Waals surface area contributed by atoms with Crippen molar-refractivity contribution >= 4 is 5.97 Å². The third-order valence-corrected chi connectivity index (χ3v) is 4.13. The van der Waals surface area contributed by atoms with Gasteiger partial charge in [-0.3, -0.25) is 0 Å². The molecule has 0 saturated carbocycles. The second-order valence-electron chi connectivity index (χ2n) is 5.85. The molecule has 0 amide bonds. The fourth-order valence-electron chi connectivity index (χ4n) is 2.53. The highest BCUT2D eigenvalue weighted by molar-refractivity contribution is 5.91. The molecule has 3 aromatic rings. The number of carbonyl (C=O) groups is 1. The number of hydrogen-bond donors (Lipinski definition) is 0. The molecule has 3 aromatic carbocycles. The number of carbonyl (C=O) groups excluding carboxylic acids is 1. The molecule has 0 saturated heterocycles. The molecule has 0 radical (unpaired) electrons. The lowest BCUT2D eigenvalue weighted by atomic mass is 10.0. The van der Waals surface area contributed by atoms with Crippen LogP contribution < -0.4 is 4.74 Å². The summed E-state index contributed by atoms with van der Waals surface area (Å²) in [6, 6.07) is 22.7. The topological polar surface area (TPSA) is 35.5 Å². The van der Waals surface area contributed by atoms with E-state index in [0.717, 1.165) is 22.4 Å². The monoisotopic (exact) mass is 332 g/mol. The predicted molar refractivity (Wildman–Crippen MR) is 98.0 cm³/mol. The maximum Gasteiger partial charge on any atom is 0.338 e. The standard InChI is InChI=1S/C22H20O3/c1-16-9-8-13-20(17(16)2)22(23)24-15-18-10-6-7-14-21(18)25-19-11-4-3-5-12-19/h3-14H,15H2,1-2H3. The lowest BCUT2D eigenvalue weighted by molar-refractivity contribution is 0.0470. The number of rotatable bonds is 5. The van der Waals surface area contributed by atoms with Crippen molar-refractivity contribution in [2.75, 3.05) is 0 Å². The summed E-state index contributed by atoms with van der Waals surface area (Å²) < 4.78 is 11.4. The lowest BCUT2D eigenvalue weighted by Crippen LogP contribution is -2.08. The summed E-state index contributed by atoms with van der Waals surface area (Å²) in [7, 11) is 0. The summed E-state index contributed by atoms with van der Waals surface area (Å²) in [5, 5.41) is 0. The molecular weight excluding hydrogens is 312 g/mol. The van der Waals surface area contributed by atoms with Crippen molar-refractivity contribution in [1.29, 1.82) is 0 Å². The molecule has 0 aliphatic carbocycles. The molecule has 126 valence electrons. The number of aryl methyl sites for hydroxylation is 1. The van der Waals surface area contributed by atoms with E-state index in [1.165, 1.54) is 0 Å². The van der Waals surface area contributed by atoms with Gasteiger partial charge < -0.3 is 9.47 Å². The van der Waals surface area contributed by atoms with Crippen molar-refractivity contribution < 1.29 is 14.3 Å². The zero-order chi connectivity index (χ0) is 17.6. The molecule has 3 nitrogen and oxygen atoms in total. The van der Waals surface area contributed by atoms with Crippen LogP contribution in [0.1, 0.15) is 27.0 Å². The number of para-hydroxylation sites is 2. The van der Waals surface area contributed by atoms with Gasteiger partial charge >= 0.3 is 5.97 Å². The van der Waals surface area contributed by atoms with E-state index >= 15 is 0 Å². The summed E-state index contributed by atoms with van der Waals surface area (Å²) in [5.41, 5.74) is 3.44. The minimum absolute atomic E-state index is 0.162. The average Bonchev–Trinajstić information content (AvgIpc) is 2.64. The van der Waals surface area contributed by atoms with E-state index in [9.17, 15) is 4.79 Å². The zero-order valence-electron chi connectivity index (χ0n) is 14.4. The molecule has 0 atom stereocenters. The molecule has 0 bridgehead atoms. The van der Waals surface area contributed by atoms with Crippen LogP contribution in [0.4, 0.5) is 0 Å². The molecule has 0 aliphatic rings. The fourth-order valence-corrected chi connectivity index (χ4v) is 2.53. The van der Waals surface area contributed by atoms with Gasteiger partial charge in [-0.15, -0.1) is 0 Å². The van der Waals surface area contributed by atoms with E-state index in [4.69, 9.17) is 9.47 Å². The normalized spacial score (nSPS) is 10.3.